The summed E-state index contributed by atoms with van der Waals surface area (Å²) in [5, 5.41) is 1.89. The second kappa shape index (κ2) is 11.1. The van der Waals surface area contributed by atoms with Gasteiger partial charge in [-0.05, 0) is 110 Å². The third kappa shape index (κ3) is 4.30. The predicted molar refractivity (Wildman–Crippen MR) is 204 cm³/mol. The first-order valence-corrected chi connectivity index (χ1v) is 17.8. The molecule has 0 saturated carbocycles. The Bertz CT molecular complexity index is 2840. The number of ether oxygens (including phenoxy) is 4. The van der Waals surface area contributed by atoms with Crippen molar-refractivity contribution < 1.29 is 27.7 Å². The van der Waals surface area contributed by atoms with Crippen LogP contribution in [0.2, 0.25) is 0 Å². The van der Waals surface area contributed by atoms with Crippen molar-refractivity contribution in [3.63, 3.8) is 0 Å². The van der Waals surface area contributed by atoms with Gasteiger partial charge in [-0.1, -0.05) is 84.8 Å². The minimum Gasteiger partial charge on any atom is -0.475 e. The van der Waals surface area contributed by atoms with Crippen molar-refractivity contribution in [2.45, 2.75) is 24.9 Å². The Kier molecular flexibility index (Phi) is 6.31. The molecule has 0 saturated heterocycles. The zero-order valence-corrected chi connectivity index (χ0v) is 28.9. The monoisotopic (exact) mass is 706 g/mol. The lowest BCUT2D eigenvalue weighted by molar-refractivity contribution is 0.140. The molecule has 0 spiro atoms. The van der Waals surface area contributed by atoms with Gasteiger partial charge < -0.3 is 18.9 Å². The Hall–Kier alpha value is -6.84. The Morgan fingerprint density at radius 2 is 1.33 bits per heavy atom. The smallest absolute Gasteiger partial charge is 0.205 e. The molecule has 0 fully saturated rings. The van der Waals surface area contributed by atoms with E-state index in [0.29, 0.717) is 35.0 Å². The van der Waals surface area contributed by atoms with Crippen molar-refractivity contribution in [2.75, 3.05) is 0 Å². The lowest BCUT2D eigenvalue weighted by Crippen LogP contribution is -2.33. The summed E-state index contributed by atoms with van der Waals surface area (Å²) in [7, 11) is 0. The highest BCUT2D eigenvalue weighted by molar-refractivity contribution is 5.91. The maximum absolute atomic E-state index is 15.1. The molecule has 1 atom stereocenters. The maximum Gasteiger partial charge on any atom is 0.205 e. The normalized spacial score (nSPS) is 16.3. The van der Waals surface area contributed by atoms with Crippen LogP contribution >= 0.6 is 0 Å². The van der Waals surface area contributed by atoms with E-state index in [1.165, 1.54) is 34.4 Å². The van der Waals surface area contributed by atoms with E-state index in [4.69, 9.17) is 25.4 Å². The van der Waals surface area contributed by atoms with Crippen molar-refractivity contribution in [1.29, 1.82) is 0 Å². The van der Waals surface area contributed by atoms with Crippen LogP contribution in [0.15, 0.2) is 127 Å². The highest BCUT2D eigenvalue weighted by atomic mass is 19.1. The van der Waals surface area contributed by atoms with Crippen molar-refractivity contribution in [1.82, 2.24) is 0 Å². The summed E-state index contributed by atoms with van der Waals surface area (Å²) in [4.78, 5) is 0. The van der Waals surface area contributed by atoms with Gasteiger partial charge in [0.1, 0.15) is 5.76 Å². The Labute approximate surface area is 309 Å². The standard InChI is InChI=1S/C48H28F2O4/c1-3-27-18-39(50)47-45(19-27)52-41-23-29-13-15-33(21-31(29)25-43(41)54-47)48(36-10-6-4-8-34(36)35-9-5-7-11-37(35)48)32-14-12-28-22-40-42(24-30(28)20-32)53-46-38(49)16-26(2)17-44(46)51-40/h1,4-24,43H,25H2,2H3. The van der Waals surface area contributed by atoms with Crippen LogP contribution in [0.4, 0.5) is 8.78 Å². The van der Waals surface area contributed by atoms with Crippen molar-refractivity contribution >= 4 is 16.8 Å². The van der Waals surface area contributed by atoms with E-state index in [-0.39, 0.29) is 17.2 Å². The molecule has 1 unspecified atom stereocenters. The zero-order valence-electron chi connectivity index (χ0n) is 28.9. The fraction of sp³-hybridized carbons (Fsp3) is 0.0833. The summed E-state index contributed by atoms with van der Waals surface area (Å²) >= 11 is 0. The number of hydrogen-bond acceptors (Lipinski definition) is 4. The van der Waals surface area contributed by atoms with E-state index in [1.807, 2.05) is 25.1 Å². The van der Waals surface area contributed by atoms with E-state index in [9.17, 15) is 0 Å². The van der Waals surface area contributed by atoms with Gasteiger partial charge >= 0.3 is 0 Å². The van der Waals surface area contributed by atoms with E-state index < -0.39 is 23.2 Å². The molecule has 0 aromatic heterocycles. The fourth-order valence-corrected chi connectivity index (χ4v) is 8.78. The SMILES string of the molecule is C#Cc1cc(F)c2c(c1)OC1=Cc3ccc(C4(c5ccc6cc7c(cc6c5)Oc5c(F)cc(C)cc5O7)c5ccccc5-c5ccccc54)cc3CC1O2. The minimum atomic E-state index is -0.696. The fourth-order valence-electron chi connectivity index (χ4n) is 8.78. The van der Waals surface area contributed by atoms with Gasteiger partial charge in [0.05, 0.1) is 5.41 Å². The van der Waals surface area contributed by atoms with E-state index in [2.05, 4.69) is 90.8 Å². The van der Waals surface area contributed by atoms with Crippen LogP contribution in [0.25, 0.3) is 28.0 Å². The lowest BCUT2D eigenvalue weighted by atomic mass is 9.66. The topological polar surface area (TPSA) is 36.9 Å². The molecule has 4 aliphatic rings. The van der Waals surface area contributed by atoms with Gasteiger partial charge in [0.2, 0.25) is 5.75 Å². The average Bonchev–Trinajstić information content (AvgIpc) is 3.48. The number of terminal acetylenes is 1. The van der Waals surface area contributed by atoms with Crippen LogP contribution in [0.5, 0.6) is 34.5 Å². The molecule has 0 radical (unpaired) electrons. The number of rotatable bonds is 2. The highest BCUT2D eigenvalue weighted by Gasteiger charge is 2.46. The maximum atomic E-state index is 15.1. The van der Waals surface area contributed by atoms with E-state index in [1.54, 1.807) is 12.1 Å². The molecular weight excluding hydrogens is 679 g/mol. The van der Waals surface area contributed by atoms with Crippen molar-refractivity contribution in [3.05, 3.63) is 183 Å². The first-order chi connectivity index (χ1) is 26.4. The molecule has 258 valence electrons. The quantitative estimate of drug-likeness (QED) is 0.168. The predicted octanol–water partition coefficient (Wildman–Crippen LogP) is 11.4. The van der Waals surface area contributed by atoms with Crippen LogP contribution in [0.3, 0.4) is 0 Å². The van der Waals surface area contributed by atoms with Gasteiger partial charge in [0, 0.05) is 18.1 Å². The number of fused-ring (bicyclic) bond motifs is 9. The van der Waals surface area contributed by atoms with Crippen LogP contribution in [0.1, 0.15) is 44.5 Å². The summed E-state index contributed by atoms with van der Waals surface area (Å²) in [6.45, 7) is 1.82. The molecule has 7 aromatic rings. The summed E-state index contributed by atoms with van der Waals surface area (Å²) < 4.78 is 54.9. The van der Waals surface area contributed by atoms with Crippen molar-refractivity contribution in [3.8, 4) is 58.0 Å². The molecule has 11 rings (SSSR count). The molecule has 6 heteroatoms. The van der Waals surface area contributed by atoms with Crippen LogP contribution in [0, 0.1) is 30.9 Å². The number of hydrogen-bond donors (Lipinski definition) is 0. The van der Waals surface area contributed by atoms with Crippen LogP contribution < -0.4 is 18.9 Å². The summed E-state index contributed by atoms with van der Waals surface area (Å²) in [6.07, 6.45) is 7.52. The second-order valence-corrected chi connectivity index (χ2v) is 14.3. The van der Waals surface area contributed by atoms with Crippen LogP contribution in [-0.2, 0) is 11.8 Å². The average molecular weight is 707 g/mol. The van der Waals surface area contributed by atoms with E-state index in [0.717, 1.165) is 38.6 Å². The molecule has 0 bridgehead atoms. The third-order valence-corrected chi connectivity index (χ3v) is 11.1. The van der Waals surface area contributed by atoms with Gasteiger partial charge in [0.25, 0.3) is 0 Å². The second-order valence-electron chi connectivity index (χ2n) is 14.3. The van der Waals surface area contributed by atoms with Gasteiger partial charge in [-0.3, -0.25) is 0 Å². The van der Waals surface area contributed by atoms with Crippen molar-refractivity contribution in [2.24, 2.45) is 0 Å². The molecule has 2 aliphatic heterocycles. The molecule has 0 amide bonds. The molecular formula is C48H28F2O4. The van der Waals surface area contributed by atoms with Gasteiger partial charge in [-0.15, -0.1) is 6.42 Å². The van der Waals surface area contributed by atoms with Gasteiger partial charge in [-0.2, -0.15) is 0 Å². The Balaban J connectivity index is 1.08. The van der Waals surface area contributed by atoms with Gasteiger partial charge in [-0.25, -0.2) is 8.78 Å². The highest BCUT2D eigenvalue weighted by Crippen LogP contribution is 2.57. The van der Waals surface area contributed by atoms with Crippen LogP contribution in [-0.4, -0.2) is 6.10 Å². The first kappa shape index (κ1) is 30.8. The molecule has 54 heavy (non-hydrogen) atoms. The number of benzene rings is 7. The third-order valence-electron chi connectivity index (χ3n) is 11.1. The van der Waals surface area contributed by atoms with Gasteiger partial charge in [0.15, 0.2) is 46.5 Å². The molecule has 0 N–H and O–H groups in total. The van der Waals surface area contributed by atoms with E-state index >= 15 is 8.78 Å². The summed E-state index contributed by atoms with van der Waals surface area (Å²) in [5.41, 5.74) is 9.33. The largest absolute Gasteiger partial charge is 0.475 e. The molecule has 4 nitrogen and oxygen atoms in total. The molecule has 2 heterocycles. The summed E-state index contributed by atoms with van der Waals surface area (Å²) in [5.74, 6) is 3.87. The Morgan fingerprint density at radius 1 is 0.648 bits per heavy atom. The summed E-state index contributed by atoms with van der Waals surface area (Å²) in [6, 6.07) is 40.3. The number of halogens is 2. The Morgan fingerprint density at radius 3 is 2.13 bits per heavy atom. The lowest BCUT2D eigenvalue weighted by Gasteiger charge is -2.36. The minimum absolute atomic E-state index is 0.0694. The number of aryl methyl sites for hydroxylation is 1. The zero-order chi connectivity index (χ0) is 36.3. The molecule has 2 aliphatic carbocycles. The molecule has 7 aromatic carbocycles. The first-order valence-electron chi connectivity index (χ1n) is 17.8.